The molecule has 2 nitrogen and oxygen atoms in total. The Morgan fingerprint density at radius 1 is 0.920 bits per heavy atom. The van der Waals surface area contributed by atoms with Gasteiger partial charge in [0.05, 0.1) is 0 Å². The Morgan fingerprint density at radius 2 is 1.56 bits per heavy atom. The van der Waals surface area contributed by atoms with Crippen LogP contribution in [0.4, 0.5) is 5.69 Å². The molecule has 0 spiro atoms. The summed E-state index contributed by atoms with van der Waals surface area (Å²) in [6.07, 6.45) is 2.45. The third-order valence-corrected chi connectivity index (χ3v) is 5.43. The van der Waals surface area contributed by atoms with Crippen LogP contribution in [0.25, 0.3) is 0 Å². The van der Waals surface area contributed by atoms with Gasteiger partial charge >= 0.3 is 0 Å². The average molecular weight is 357 g/mol. The van der Waals surface area contributed by atoms with Gasteiger partial charge in [-0.25, -0.2) is 0 Å². The molecule has 1 unspecified atom stereocenters. The average Bonchev–Trinajstić information content (AvgIpc) is 2.63. The van der Waals surface area contributed by atoms with Crippen LogP contribution >= 0.6 is 11.6 Å². The maximum atomic E-state index is 5.99. The van der Waals surface area contributed by atoms with Crippen molar-refractivity contribution in [2.75, 3.05) is 37.6 Å². The molecule has 2 aromatic rings. The standard InChI is InChI=1S/C22H29ClN2/c1-18-3-6-20(7-4-18)8-5-19(2)17-24-13-15-25(16-14-24)22-11-9-21(23)10-12-22/h3-4,6-7,9-12,19H,5,8,13-17H2,1-2H3. The van der Waals surface area contributed by atoms with E-state index in [4.69, 9.17) is 11.6 Å². The molecule has 3 rings (SSSR count). The zero-order valence-electron chi connectivity index (χ0n) is 15.4. The minimum absolute atomic E-state index is 0.739. The fourth-order valence-electron chi connectivity index (χ4n) is 3.54. The number of rotatable bonds is 6. The predicted octanol–water partition coefficient (Wildman–Crippen LogP) is 5.04. The van der Waals surface area contributed by atoms with E-state index in [1.807, 2.05) is 12.1 Å². The molecule has 1 aliphatic rings. The highest BCUT2D eigenvalue weighted by atomic mass is 35.5. The lowest BCUT2D eigenvalue weighted by molar-refractivity contribution is 0.220. The molecule has 0 bridgehead atoms. The minimum atomic E-state index is 0.739. The topological polar surface area (TPSA) is 6.48 Å². The van der Waals surface area contributed by atoms with Gasteiger partial charge in [-0.3, -0.25) is 4.90 Å². The van der Waals surface area contributed by atoms with Crippen LogP contribution < -0.4 is 4.90 Å². The number of hydrogen-bond acceptors (Lipinski definition) is 2. The van der Waals surface area contributed by atoms with Gasteiger partial charge in [0.25, 0.3) is 0 Å². The number of aryl methyl sites for hydroxylation is 2. The molecule has 0 aliphatic carbocycles. The second-order valence-electron chi connectivity index (χ2n) is 7.39. The molecule has 0 saturated carbocycles. The highest BCUT2D eigenvalue weighted by molar-refractivity contribution is 6.30. The molecular formula is C22H29ClN2. The number of benzene rings is 2. The molecule has 1 heterocycles. The van der Waals surface area contributed by atoms with Gasteiger partial charge in [0, 0.05) is 43.4 Å². The van der Waals surface area contributed by atoms with Gasteiger partial charge < -0.3 is 4.90 Å². The summed E-state index contributed by atoms with van der Waals surface area (Å²) in [7, 11) is 0. The SMILES string of the molecule is Cc1ccc(CCC(C)CN2CCN(c3ccc(Cl)cc3)CC2)cc1. The van der Waals surface area contributed by atoms with Crippen molar-refractivity contribution >= 4 is 17.3 Å². The molecule has 134 valence electrons. The zero-order chi connectivity index (χ0) is 17.6. The second kappa shape index (κ2) is 8.73. The molecular weight excluding hydrogens is 328 g/mol. The van der Waals surface area contributed by atoms with Crippen LogP contribution in [-0.4, -0.2) is 37.6 Å². The van der Waals surface area contributed by atoms with Crippen molar-refractivity contribution in [3.63, 3.8) is 0 Å². The van der Waals surface area contributed by atoms with E-state index in [0.717, 1.165) is 37.1 Å². The summed E-state index contributed by atoms with van der Waals surface area (Å²) in [5, 5.41) is 0.810. The summed E-state index contributed by atoms with van der Waals surface area (Å²) < 4.78 is 0. The highest BCUT2D eigenvalue weighted by Gasteiger charge is 2.18. The molecule has 3 heteroatoms. The van der Waals surface area contributed by atoms with E-state index in [1.54, 1.807) is 0 Å². The Hall–Kier alpha value is -1.51. The van der Waals surface area contributed by atoms with Gasteiger partial charge in [-0.15, -0.1) is 0 Å². The van der Waals surface area contributed by atoms with E-state index < -0.39 is 0 Å². The van der Waals surface area contributed by atoms with Crippen LogP contribution in [0.3, 0.4) is 0 Å². The number of piperazine rings is 1. The van der Waals surface area contributed by atoms with Gasteiger partial charge in [-0.1, -0.05) is 48.4 Å². The zero-order valence-corrected chi connectivity index (χ0v) is 16.2. The first-order valence-corrected chi connectivity index (χ1v) is 9.76. The van der Waals surface area contributed by atoms with Crippen LogP contribution in [0, 0.1) is 12.8 Å². The summed E-state index contributed by atoms with van der Waals surface area (Å²) in [4.78, 5) is 5.08. The summed E-state index contributed by atoms with van der Waals surface area (Å²) in [6, 6.07) is 17.2. The minimum Gasteiger partial charge on any atom is -0.369 e. The molecule has 0 amide bonds. The lowest BCUT2D eigenvalue weighted by atomic mass is 9.99. The van der Waals surface area contributed by atoms with Gasteiger partial charge in [-0.05, 0) is 55.5 Å². The number of halogens is 1. The Labute approximate surface area is 157 Å². The van der Waals surface area contributed by atoms with Crippen LogP contribution in [-0.2, 0) is 6.42 Å². The summed E-state index contributed by atoms with van der Waals surface area (Å²) in [6.45, 7) is 10.3. The number of anilines is 1. The first-order valence-electron chi connectivity index (χ1n) is 9.38. The largest absolute Gasteiger partial charge is 0.369 e. The second-order valence-corrected chi connectivity index (χ2v) is 7.83. The van der Waals surface area contributed by atoms with Crippen molar-refractivity contribution in [3.8, 4) is 0 Å². The van der Waals surface area contributed by atoms with Crippen LogP contribution in [0.1, 0.15) is 24.5 Å². The fraction of sp³-hybridized carbons (Fsp3) is 0.455. The van der Waals surface area contributed by atoms with Crippen molar-refractivity contribution < 1.29 is 0 Å². The lowest BCUT2D eigenvalue weighted by Gasteiger charge is -2.37. The fourth-order valence-corrected chi connectivity index (χ4v) is 3.67. The first kappa shape index (κ1) is 18.3. The first-order chi connectivity index (χ1) is 12.1. The van der Waals surface area contributed by atoms with Crippen LogP contribution in [0.2, 0.25) is 5.02 Å². The van der Waals surface area contributed by atoms with E-state index in [2.05, 4.69) is 60.0 Å². The summed E-state index contributed by atoms with van der Waals surface area (Å²) >= 11 is 5.99. The molecule has 1 saturated heterocycles. The van der Waals surface area contributed by atoms with Crippen molar-refractivity contribution in [2.24, 2.45) is 5.92 Å². The number of hydrogen-bond donors (Lipinski definition) is 0. The third kappa shape index (κ3) is 5.49. The quantitative estimate of drug-likeness (QED) is 0.715. The van der Waals surface area contributed by atoms with Crippen molar-refractivity contribution in [1.29, 1.82) is 0 Å². The summed E-state index contributed by atoms with van der Waals surface area (Å²) in [5.41, 5.74) is 4.09. The van der Waals surface area contributed by atoms with E-state index in [0.29, 0.717) is 0 Å². The Bertz CT molecular complexity index is 643. The van der Waals surface area contributed by atoms with Crippen molar-refractivity contribution in [2.45, 2.75) is 26.7 Å². The Morgan fingerprint density at radius 3 is 2.20 bits per heavy atom. The van der Waals surface area contributed by atoms with Crippen molar-refractivity contribution in [1.82, 2.24) is 4.90 Å². The lowest BCUT2D eigenvalue weighted by Crippen LogP contribution is -2.47. The normalized spacial score (nSPS) is 16.8. The van der Waals surface area contributed by atoms with Crippen LogP contribution in [0.15, 0.2) is 48.5 Å². The van der Waals surface area contributed by atoms with Crippen molar-refractivity contribution in [3.05, 3.63) is 64.7 Å². The van der Waals surface area contributed by atoms with E-state index in [9.17, 15) is 0 Å². The van der Waals surface area contributed by atoms with E-state index >= 15 is 0 Å². The monoisotopic (exact) mass is 356 g/mol. The molecule has 1 fully saturated rings. The third-order valence-electron chi connectivity index (χ3n) is 5.18. The van der Waals surface area contributed by atoms with E-state index in [-0.39, 0.29) is 0 Å². The Balaban J connectivity index is 1.40. The molecule has 0 aromatic heterocycles. The van der Waals surface area contributed by atoms with Gasteiger partial charge in [-0.2, -0.15) is 0 Å². The number of nitrogens with zero attached hydrogens (tertiary/aromatic N) is 2. The highest BCUT2D eigenvalue weighted by Crippen LogP contribution is 2.20. The van der Waals surface area contributed by atoms with Gasteiger partial charge in [0.15, 0.2) is 0 Å². The van der Waals surface area contributed by atoms with Crippen LogP contribution in [0.5, 0.6) is 0 Å². The smallest absolute Gasteiger partial charge is 0.0407 e. The molecule has 0 radical (unpaired) electrons. The van der Waals surface area contributed by atoms with Gasteiger partial charge in [0.1, 0.15) is 0 Å². The van der Waals surface area contributed by atoms with E-state index in [1.165, 1.54) is 36.2 Å². The predicted molar refractivity (Wildman–Crippen MR) is 109 cm³/mol. The maximum absolute atomic E-state index is 5.99. The Kier molecular flexibility index (Phi) is 6.39. The molecule has 1 aliphatic heterocycles. The molecule has 1 atom stereocenters. The maximum Gasteiger partial charge on any atom is 0.0407 e. The van der Waals surface area contributed by atoms with Gasteiger partial charge in [0.2, 0.25) is 0 Å². The molecule has 0 N–H and O–H groups in total. The summed E-state index contributed by atoms with van der Waals surface area (Å²) in [5.74, 6) is 0.739. The molecule has 2 aromatic carbocycles. The molecule has 25 heavy (non-hydrogen) atoms.